The lowest BCUT2D eigenvalue weighted by Crippen LogP contribution is -2.17. The molecule has 0 unspecified atom stereocenters. The SMILES string of the molecule is CNC(=O)c1cccc(-c2cnc3ccc(NC)cn23)c1. The monoisotopic (exact) mass is 280 g/mol. The number of nitrogens with zero attached hydrogens (tertiary/aromatic N) is 2. The summed E-state index contributed by atoms with van der Waals surface area (Å²) in [7, 11) is 3.51. The number of hydrogen-bond acceptors (Lipinski definition) is 3. The Bertz CT molecular complexity index is 807. The second-order valence-corrected chi connectivity index (χ2v) is 4.70. The van der Waals surface area contributed by atoms with Crippen molar-refractivity contribution in [2.24, 2.45) is 0 Å². The van der Waals surface area contributed by atoms with Crippen molar-refractivity contribution in [2.45, 2.75) is 0 Å². The van der Waals surface area contributed by atoms with Gasteiger partial charge in [-0.05, 0) is 24.3 Å². The normalized spacial score (nSPS) is 10.6. The maximum absolute atomic E-state index is 11.8. The second kappa shape index (κ2) is 5.28. The van der Waals surface area contributed by atoms with E-state index >= 15 is 0 Å². The van der Waals surface area contributed by atoms with Gasteiger partial charge in [-0.25, -0.2) is 4.98 Å². The summed E-state index contributed by atoms with van der Waals surface area (Å²) in [6.07, 6.45) is 3.81. The molecule has 0 aliphatic rings. The van der Waals surface area contributed by atoms with E-state index < -0.39 is 0 Å². The summed E-state index contributed by atoms with van der Waals surface area (Å²) in [6.45, 7) is 0. The number of imidazole rings is 1. The summed E-state index contributed by atoms with van der Waals surface area (Å²) in [4.78, 5) is 16.2. The van der Waals surface area contributed by atoms with Crippen molar-refractivity contribution < 1.29 is 4.79 Å². The van der Waals surface area contributed by atoms with Gasteiger partial charge in [0.05, 0.1) is 17.6 Å². The number of aromatic nitrogens is 2. The molecule has 0 saturated heterocycles. The minimum atomic E-state index is -0.0958. The molecule has 5 heteroatoms. The Morgan fingerprint density at radius 2 is 2.05 bits per heavy atom. The van der Waals surface area contributed by atoms with Gasteiger partial charge in [0.15, 0.2) is 0 Å². The first kappa shape index (κ1) is 13.2. The number of hydrogen-bond donors (Lipinski definition) is 2. The highest BCUT2D eigenvalue weighted by atomic mass is 16.1. The molecule has 1 aromatic carbocycles. The Morgan fingerprint density at radius 3 is 2.81 bits per heavy atom. The van der Waals surface area contributed by atoms with E-state index in [0.717, 1.165) is 22.6 Å². The third kappa shape index (κ3) is 2.33. The van der Waals surface area contributed by atoms with Crippen LogP contribution < -0.4 is 10.6 Å². The fourth-order valence-corrected chi connectivity index (χ4v) is 2.31. The van der Waals surface area contributed by atoms with Crippen LogP contribution in [0.5, 0.6) is 0 Å². The molecule has 3 rings (SSSR count). The summed E-state index contributed by atoms with van der Waals surface area (Å²) in [5, 5.41) is 5.75. The van der Waals surface area contributed by atoms with E-state index in [9.17, 15) is 4.79 Å². The number of carbonyl (C=O) groups is 1. The summed E-state index contributed by atoms with van der Waals surface area (Å²) in [5.74, 6) is -0.0958. The van der Waals surface area contributed by atoms with Crippen LogP contribution >= 0.6 is 0 Å². The lowest BCUT2D eigenvalue weighted by Gasteiger charge is -2.06. The molecular formula is C16H16N4O. The van der Waals surface area contributed by atoms with Crippen molar-refractivity contribution in [3.05, 3.63) is 54.4 Å². The molecule has 1 amide bonds. The molecule has 0 aliphatic carbocycles. The number of rotatable bonds is 3. The van der Waals surface area contributed by atoms with Crippen LogP contribution in [0.2, 0.25) is 0 Å². The number of pyridine rings is 1. The molecular weight excluding hydrogens is 264 g/mol. The van der Waals surface area contributed by atoms with Gasteiger partial charge < -0.3 is 10.6 Å². The highest BCUT2D eigenvalue weighted by molar-refractivity contribution is 5.95. The number of fused-ring (bicyclic) bond motifs is 1. The fourth-order valence-electron chi connectivity index (χ4n) is 2.31. The Hall–Kier alpha value is -2.82. The average molecular weight is 280 g/mol. The predicted octanol–water partition coefficient (Wildman–Crippen LogP) is 2.40. The first-order valence-corrected chi connectivity index (χ1v) is 6.70. The standard InChI is InChI=1S/C16H16N4O/c1-17-13-6-7-15-19-9-14(20(15)10-13)11-4-3-5-12(8-11)16(21)18-2/h3-10,17H,1-2H3,(H,18,21). The van der Waals surface area contributed by atoms with E-state index in [1.807, 2.05) is 54.2 Å². The van der Waals surface area contributed by atoms with Crippen LogP contribution in [0.4, 0.5) is 5.69 Å². The minimum Gasteiger partial charge on any atom is -0.387 e. The van der Waals surface area contributed by atoms with Crippen molar-refractivity contribution in [1.82, 2.24) is 14.7 Å². The van der Waals surface area contributed by atoms with E-state index in [-0.39, 0.29) is 5.91 Å². The molecule has 2 N–H and O–H groups in total. The molecule has 2 heterocycles. The number of benzene rings is 1. The average Bonchev–Trinajstić information content (AvgIpc) is 2.97. The van der Waals surface area contributed by atoms with Gasteiger partial charge in [0.1, 0.15) is 5.65 Å². The van der Waals surface area contributed by atoms with Crippen LogP contribution in [-0.4, -0.2) is 29.4 Å². The van der Waals surface area contributed by atoms with E-state index in [1.165, 1.54) is 0 Å². The van der Waals surface area contributed by atoms with Gasteiger partial charge in [0.2, 0.25) is 0 Å². The van der Waals surface area contributed by atoms with Crippen molar-refractivity contribution in [2.75, 3.05) is 19.4 Å². The number of anilines is 1. The highest BCUT2D eigenvalue weighted by Crippen LogP contribution is 2.23. The maximum Gasteiger partial charge on any atom is 0.251 e. The highest BCUT2D eigenvalue weighted by Gasteiger charge is 2.09. The third-order valence-electron chi connectivity index (χ3n) is 3.44. The molecule has 3 aromatic rings. The predicted molar refractivity (Wildman–Crippen MR) is 83.6 cm³/mol. The summed E-state index contributed by atoms with van der Waals surface area (Å²) >= 11 is 0. The Labute approximate surface area is 122 Å². The summed E-state index contributed by atoms with van der Waals surface area (Å²) < 4.78 is 2.01. The molecule has 0 saturated carbocycles. The van der Waals surface area contributed by atoms with Gasteiger partial charge in [0, 0.05) is 31.4 Å². The minimum absolute atomic E-state index is 0.0958. The van der Waals surface area contributed by atoms with E-state index in [0.29, 0.717) is 5.56 Å². The molecule has 2 aromatic heterocycles. The molecule has 0 fully saturated rings. The lowest BCUT2D eigenvalue weighted by molar-refractivity contribution is 0.0963. The maximum atomic E-state index is 11.8. The van der Waals surface area contributed by atoms with Crippen molar-refractivity contribution in [3.63, 3.8) is 0 Å². The first-order chi connectivity index (χ1) is 10.2. The molecule has 0 bridgehead atoms. The van der Waals surface area contributed by atoms with E-state index in [2.05, 4.69) is 15.6 Å². The Balaban J connectivity index is 2.14. The quantitative estimate of drug-likeness (QED) is 0.774. The molecule has 0 radical (unpaired) electrons. The van der Waals surface area contributed by atoms with Crippen LogP contribution in [0.25, 0.3) is 16.9 Å². The second-order valence-electron chi connectivity index (χ2n) is 4.70. The van der Waals surface area contributed by atoms with Crippen LogP contribution in [0.1, 0.15) is 10.4 Å². The van der Waals surface area contributed by atoms with Gasteiger partial charge in [-0.15, -0.1) is 0 Å². The largest absolute Gasteiger partial charge is 0.387 e. The topological polar surface area (TPSA) is 58.4 Å². The zero-order chi connectivity index (χ0) is 14.8. The molecule has 5 nitrogen and oxygen atoms in total. The van der Waals surface area contributed by atoms with E-state index in [4.69, 9.17) is 0 Å². The molecule has 106 valence electrons. The smallest absolute Gasteiger partial charge is 0.251 e. The van der Waals surface area contributed by atoms with Gasteiger partial charge in [-0.3, -0.25) is 9.20 Å². The Kier molecular flexibility index (Phi) is 3.31. The van der Waals surface area contributed by atoms with Crippen molar-refractivity contribution in [1.29, 1.82) is 0 Å². The van der Waals surface area contributed by atoms with Gasteiger partial charge in [0.25, 0.3) is 5.91 Å². The van der Waals surface area contributed by atoms with Crippen LogP contribution in [0, 0.1) is 0 Å². The van der Waals surface area contributed by atoms with Gasteiger partial charge >= 0.3 is 0 Å². The fraction of sp³-hybridized carbons (Fsp3) is 0.125. The van der Waals surface area contributed by atoms with Crippen LogP contribution in [0.15, 0.2) is 48.8 Å². The molecule has 0 atom stereocenters. The van der Waals surface area contributed by atoms with Crippen LogP contribution in [-0.2, 0) is 0 Å². The molecule has 0 spiro atoms. The third-order valence-corrected chi connectivity index (χ3v) is 3.44. The lowest BCUT2D eigenvalue weighted by atomic mass is 10.1. The zero-order valence-electron chi connectivity index (χ0n) is 11.9. The number of carbonyl (C=O) groups excluding carboxylic acids is 1. The summed E-state index contributed by atoms with van der Waals surface area (Å²) in [6, 6.07) is 11.5. The zero-order valence-corrected chi connectivity index (χ0v) is 11.9. The van der Waals surface area contributed by atoms with Gasteiger partial charge in [-0.1, -0.05) is 12.1 Å². The summed E-state index contributed by atoms with van der Waals surface area (Å²) in [5.41, 5.74) is 4.41. The van der Waals surface area contributed by atoms with Gasteiger partial charge in [-0.2, -0.15) is 0 Å². The van der Waals surface area contributed by atoms with E-state index in [1.54, 1.807) is 13.1 Å². The van der Waals surface area contributed by atoms with Crippen LogP contribution in [0.3, 0.4) is 0 Å². The number of nitrogens with one attached hydrogen (secondary N) is 2. The van der Waals surface area contributed by atoms with Crippen molar-refractivity contribution >= 4 is 17.2 Å². The van der Waals surface area contributed by atoms with Crippen molar-refractivity contribution in [3.8, 4) is 11.3 Å². The number of amides is 1. The first-order valence-electron chi connectivity index (χ1n) is 6.70. The molecule has 0 aliphatic heterocycles. The molecule has 21 heavy (non-hydrogen) atoms. The Morgan fingerprint density at radius 1 is 1.19 bits per heavy atom.